The van der Waals surface area contributed by atoms with Crippen LogP contribution in [-0.4, -0.2) is 59.9 Å². The van der Waals surface area contributed by atoms with Gasteiger partial charge in [-0.25, -0.2) is 4.79 Å². The molecule has 1 aromatic heterocycles. The number of hydrogen-bond donors (Lipinski definition) is 4. The lowest BCUT2D eigenvalue weighted by Crippen LogP contribution is -2.54. The first-order chi connectivity index (χ1) is 12.5. The third-order valence-corrected chi connectivity index (χ3v) is 4.58. The number of urea groups is 1. The molecule has 0 saturated carbocycles. The molecule has 0 aromatic carbocycles. The van der Waals surface area contributed by atoms with Gasteiger partial charge in [-0.3, -0.25) is 14.4 Å². The van der Waals surface area contributed by atoms with E-state index >= 15 is 0 Å². The highest BCUT2D eigenvalue weighted by molar-refractivity contribution is 5.96. The minimum Gasteiger partial charge on any atom is -0.459 e. The van der Waals surface area contributed by atoms with Gasteiger partial charge < -0.3 is 31.0 Å². The molecule has 10 nitrogen and oxygen atoms in total. The number of hydrogen-bond acceptors (Lipinski definition) is 5. The van der Waals surface area contributed by atoms with Crippen LogP contribution in [0.2, 0.25) is 0 Å². The molecule has 2 fully saturated rings. The molecule has 140 valence electrons. The molecule has 0 radical (unpaired) electrons. The minimum atomic E-state index is -0.919. The summed E-state index contributed by atoms with van der Waals surface area (Å²) >= 11 is 0. The molecule has 5 N–H and O–H groups in total. The smallest absolute Gasteiger partial charge is 0.315 e. The maximum absolute atomic E-state index is 13.0. The Kier molecular flexibility index (Phi) is 5.10. The van der Waals surface area contributed by atoms with Crippen LogP contribution in [0.3, 0.4) is 0 Å². The van der Waals surface area contributed by atoms with E-state index in [1.807, 2.05) is 0 Å². The minimum absolute atomic E-state index is 0.0734. The molecule has 5 amide bonds. The zero-order valence-electron chi connectivity index (χ0n) is 14.1. The van der Waals surface area contributed by atoms with Crippen LogP contribution in [0.25, 0.3) is 0 Å². The molecule has 0 bridgehead atoms. The Morgan fingerprint density at radius 3 is 2.85 bits per heavy atom. The highest BCUT2D eigenvalue weighted by Gasteiger charge is 2.38. The van der Waals surface area contributed by atoms with Crippen LogP contribution >= 0.6 is 0 Å². The van der Waals surface area contributed by atoms with Crippen LogP contribution in [-0.2, 0) is 9.59 Å². The number of nitrogens with two attached hydrogens (primary N) is 1. The number of rotatable bonds is 6. The Labute approximate surface area is 149 Å². The maximum Gasteiger partial charge on any atom is 0.315 e. The Balaban J connectivity index is 1.75. The van der Waals surface area contributed by atoms with Gasteiger partial charge in [-0.1, -0.05) is 0 Å². The van der Waals surface area contributed by atoms with Crippen molar-refractivity contribution in [2.75, 3.05) is 13.1 Å². The normalized spacial score (nSPS) is 23.2. The molecule has 3 atom stereocenters. The van der Waals surface area contributed by atoms with Gasteiger partial charge >= 0.3 is 6.03 Å². The summed E-state index contributed by atoms with van der Waals surface area (Å²) in [5, 5.41) is 7.94. The Hall–Kier alpha value is -3.04. The van der Waals surface area contributed by atoms with E-state index < -0.39 is 29.8 Å². The van der Waals surface area contributed by atoms with Gasteiger partial charge in [0.1, 0.15) is 12.1 Å². The predicted molar refractivity (Wildman–Crippen MR) is 88.8 cm³/mol. The molecule has 1 aromatic rings. The second-order valence-corrected chi connectivity index (χ2v) is 6.38. The lowest BCUT2D eigenvalue weighted by molar-refractivity contribution is -0.139. The van der Waals surface area contributed by atoms with Crippen LogP contribution in [0, 0.1) is 0 Å². The first-order valence-electron chi connectivity index (χ1n) is 8.44. The molecule has 10 heteroatoms. The van der Waals surface area contributed by atoms with Gasteiger partial charge in [-0.2, -0.15) is 0 Å². The molecule has 2 aliphatic heterocycles. The van der Waals surface area contributed by atoms with Crippen molar-refractivity contribution in [1.29, 1.82) is 0 Å². The van der Waals surface area contributed by atoms with Crippen molar-refractivity contribution in [3.63, 3.8) is 0 Å². The van der Waals surface area contributed by atoms with Crippen LogP contribution in [0.1, 0.15) is 29.8 Å². The second-order valence-electron chi connectivity index (χ2n) is 6.38. The monoisotopic (exact) mass is 363 g/mol. The van der Waals surface area contributed by atoms with Gasteiger partial charge in [0.15, 0.2) is 5.76 Å². The van der Waals surface area contributed by atoms with Crippen molar-refractivity contribution in [2.45, 2.75) is 37.4 Å². The third kappa shape index (κ3) is 3.79. The molecule has 2 aliphatic rings. The van der Waals surface area contributed by atoms with E-state index in [4.69, 9.17) is 10.2 Å². The first kappa shape index (κ1) is 17.8. The first-order valence-corrected chi connectivity index (χ1v) is 8.44. The standard InChI is InChI=1S/C16H21N5O5/c17-13(22)11-3-1-5-21(11)15(24)10(7-9-8-18-16(25)19-9)20-14(23)12-4-2-6-26-12/h2,4,6,9-11H,1,3,5,7-8H2,(H2,17,22)(H,20,23)(H2,18,19,25)/t9?,10-,11-/m0/s1. The van der Waals surface area contributed by atoms with Crippen LogP contribution < -0.4 is 21.7 Å². The van der Waals surface area contributed by atoms with Gasteiger partial charge in [0, 0.05) is 13.1 Å². The lowest BCUT2D eigenvalue weighted by Gasteiger charge is -2.28. The molecule has 3 rings (SSSR count). The summed E-state index contributed by atoms with van der Waals surface area (Å²) in [6, 6.07) is 0.811. The fourth-order valence-electron chi connectivity index (χ4n) is 3.32. The Morgan fingerprint density at radius 1 is 1.42 bits per heavy atom. The predicted octanol–water partition coefficient (Wildman–Crippen LogP) is -1.07. The zero-order valence-corrected chi connectivity index (χ0v) is 14.1. The van der Waals surface area contributed by atoms with Crippen molar-refractivity contribution >= 4 is 23.8 Å². The van der Waals surface area contributed by atoms with E-state index in [1.54, 1.807) is 6.07 Å². The fourth-order valence-corrected chi connectivity index (χ4v) is 3.32. The number of furan rings is 1. The number of carbonyl (C=O) groups is 4. The fraction of sp³-hybridized carbons (Fsp3) is 0.500. The summed E-state index contributed by atoms with van der Waals surface area (Å²) in [5.74, 6) is -1.43. The van der Waals surface area contributed by atoms with Crippen LogP contribution in [0.4, 0.5) is 4.79 Å². The molecule has 0 spiro atoms. The van der Waals surface area contributed by atoms with Gasteiger partial charge in [0.05, 0.1) is 12.3 Å². The van der Waals surface area contributed by atoms with Crippen LogP contribution in [0.5, 0.6) is 0 Å². The maximum atomic E-state index is 13.0. The van der Waals surface area contributed by atoms with Crippen molar-refractivity contribution in [3.05, 3.63) is 24.2 Å². The summed E-state index contributed by atoms with van der Waals surface area (Å²) < 4.78 is 5.05. The largest absolute Gasteiger partial charge is 0.459 e. The van der Waals surface area contributed by atoms with E-state index in [1.165, 1.54) is 17.2 Å². The number of nitrogens with one attached hydrogen (secondary N) is 3. The van der Waals surface area contributed by atoms with Gasteiger partial charge in [-0.15, -0.1) is 0 Å². The quantitative estimate of drug-likeness (QED) is 0.508. The summed E-state index contributed by atoms with van der Waals surface area (Å²) in [6.45, 7) is 0.743. The summed E-state index contributed by atoms with van der Waals surface area (Å²) in [5.41, 5.74) is 5.38. The van der Waals surface area contributed by atoms with Crippen molar-refractivity contribution < 1.29 is 23.6 Å². The van der Waals surface area contributed by atoms with E-state index in [0.717, 1.165) is 0 Å². The molecule has 26 heavy (non-hydrogen) atoms. The highest BCUT2D eigenvalue weighted by atomic mass is 16.3. The molecular weight excluding hydrogens is 342 g/mol. The van der Waals surface area contributed by atoms with E-state index in [0.29, 0.717) is 25.9 Å². The summed E-state index contributed by atoms with van der Waals surface area (Å²) in [7, 11) is 0. The van der Waals surface area contributed by atoms with Gasteiger partial charge in [0.25, 0.3) is 5.91 Å². The molecule has 2 saturated heterocycles. The molecule has 1 unspecified atom stereocenters. The lowest BCUT2D eigenvalue weighted by atomic mass is 10.1. The average Bonchev–Trinajstić information content (AvgIpc) is 3.35. The van der Waals surface area contributed by atoms with Crippen molar-refractivity contribution in [1.82, 2.24) is 20.9 Å². The number of carbonyl (C=O) groups excluding carboxylic acids is 4. The molecular formula is C16H21N5O5. The average molecular weight is 363 g/mol. The van der Waals surface area contributed by atoms with Crippen LogP contribution in [0.15, 0.2) is 22.8 Å². The Bertz CT molecular complexity index is 704. The molecule has 3 heterocycles. The summed E-state index contributed by atoms with van der Waals surface area (Å²) in [4.78, 5) is 49.6. The number of likely N-dealkylation sites (tertiary alicyclic amines) is 1. The molecule has 0 aliphatic carbocycles. The van der Waals surface area contributed by atoms with E-state index in [-0.39, 0.29) is 24.3 Å². The Morgan fingerprint density at radius 2 is 2.23 bits per heavy atom. The van der Waals surface area contributed by atoms with Crippen molar-refractivity contribution in [3.8, 4) is 0 Å². The van der Waals surface area contributed by atoms with E-state index in [9.17, 15) is 19.2 Å². The SMILES string of the molecule is NC(=O)[C@@H]1CCCN1C(=O)[C@H](CC1CNC(=O)N1)NC(=O)c1ccco1. The topological polar surface area (TPSA) is 147 Å². The number of primary amides is 1. The van der Waals surface area contributed by atoms with Gasteiger partial charge in [-0.05, 0) is 31.4 Å². The van der Waals surface area contributed by atoms with E-state index in [2.05, 4.69) is 16.0 Å². The summed E-state index contributed by atoms with van der Waals surface area (Å²) in [6.07, 6.45) is 2.71. The van der Waals surface area contributed by atoms with Gasteiger partial charge in [0.2, 0.25) is 11.8 Å². The van der Waals surface area contributed by atoms with Crippen molar-refractivity contribution in [2.24, 2.45) is 5.73 Å². The second kappa shape index (κ2) is 7.46. The zero-order chi connectivity index (χ0) is 18.7. The highest BCUT2D eigenvalue weighted by Crippen LogP contribution is 2.19. The number of nitrogens with zero attached hydrogens (tertiary/aromatic N) is 1. The number of amides is 5. The third-order valence-electron chi connectivity index (χ3n) is 4.58.